The molecule has 0 aliphatic rings. The summed E-state index contributed by atoms with van der Waals surface area (Å²) in [6.07, 6.45) is 0. The molecule has 0 saturated carbocycles. The molecule has 0 heterocycles. The van der Waals surface area contributed by atoms with Gasteiger partial charge in [-0.05, 0) is 0 Å². The molecular weight excluding hydrogens is 152 g/mol. The summed E-state index contributed by atoms with van der Waals surface area (Å²) in [5.74, 6) is 0. The van der Waals surface area contributed by atoms with Crippen LogP contribution in [-0.4, -0.2) is 34.0 Å². The van der Waals surface area contributed by atoms with Crippen molar-refractivity contribution in [3.63, 3.8) is 0 Å². The Morgan fingerprint density at radius 1 is 0.750 bits per heavy atom. The molecule has 0 aromatic rings. The third-order valence-corrected chi connectivity index (χ3v) is 0. The van der Waals surface area contributed by atoms with Crippen molar-refractivity contribution in [2.75, 3.05) is 0 Å². The van der Waals surface area contributed by atoms with E-state index >= 15 is 0 Å². The SMILES string of the molecule is [Mg+2].[Mo].[OH-].[OH-]. The van der Waals surface area contributed by atoms with Crippen molar-refractivity contribution < 1.29 is 32.0 Å². The van der Waals surface area contributed by atoms with Gasteiger partial charge in [-0.3, -0.25) is 0 Å². The fourth-order valence-electron chi connectivity index (χ4n) is 0. The van der Waals surface area contributed by atoms with Crippen LogP contribution < -0.4 is 0 Å². The molecule has 22 valence electrons. The van der Waals surface area contributed by atoms with Crippen LogP contribution in [0.25, 0.3) is 0 Å². The smallest absolute Gasteiger partial charge is 0.870 e. The molecule has 4 heteroatoms. The van der Waals surface area contributed by atoms with Gasteiger partial charge in [-0.1, -0.05) is 0 Å². The molecule has 0 aliphatic heterocycles. The largest absolute Gasteiger partial charge is 2.00 e. The third kappa shape index (κ3) is 10.1. The van der Waals surface area contributed by atoms with Crippen molar-refractivity contribution in [3.8, 4) is 0 Å². The van der Waals surface area contributed by atoms with Crippen molar-refractivity contribution in [2.45, 2.75) is 0 Å². The second-order valence-electron chi connectivity index (χ2n) is 0. The Morgan fingerprint density at radius 2 is 0.750 bits per heavy atom. The second kappa shape index (κ2) is 26.4. The first-order chi connectivity index (χ1) is 0. The Balaban J connectivity index is 0. The predicted molar refractivity (Wildman–Crippen MR) is 9.63 cm³/mol. The van der Waals surface area contributed by atoms with Gasteiger partial charge in [-0.25, -0.2) is 0 Å². The van der Waals surface area contributed by atoms with Gasteiger partial charge in [0, 0.05) is 21.1 Å². The second-order valence-corrected chi connectivity index (χ2v) is 0. The van der Waals surface area contributed by atoms with E-state index in [9.17, 15) is 0 Å². The van der Waals surface area contributed by atoms with Gasteiger partial charge >= 0.3 is 23.1 Å². The summed E-state index contributed by atoms with van der Waals surface area (Å²) in [6.45, 7) is 0. The average Bonchev–Trinajstić information content (AvgIpc) is 0. The number of rotatable bonds is 0. The maximum absolute atomic E-state index is 0. The van der Waals surface area contributed by atoms with Crippen LogP contribution in [0.1, 0.15) is 0 Å². The summed E-state index contributed by atoms with van der Waals surface area (Å²) in [5.41, 5.74) is 0. The van der Waals surface area contributed by atoms with Crippen molar-refractivity contribution in [3.05, 3.63) is 0 Å². The van der Waals surface area contributed by atoms with Gasteiger partial charge < -0.3 is 11.0 Å². The molecular formula is H2MgMoO2. The van der Waals surface area contributed by atoms with Crippen molar-refractivity contribution in [1.82, 2.24) is 0 Å². The third-order valence-electron chi connectivity index (χ3n) is 0. The van der Waals surface area contributed by atoms with Crippen LogP contribution in [0.3, 0.4) is 0 Å². The van der Waals surface area contributed by atoms with Gasteiger partial charge in [0.05, 0.1) is 0 Å². The van der Waals surface area contributed by atoms with Gasteiger partial charge in [0.25, 0.3) is 0 Å². The molecule has 0 radical (unpaired) electrons. The first-order valence-corrected chi connectivity index (χ1v) is 0. The quantitative estimate of drug-likeness (QED) is 0.432. The summed E-state index contributed by atoms with van der Waals surface area (Å²) in [7, 11) is 0. The first kappa shape index (κ1) is 54.4. The average molecular weight is 154 g/mol. The summed E-state index contributed by atoms with van der Waals surface area (Å²) < 4.78 is 0. The van der Waals surface area contributed by atoms with Gasteiger partial charge in [0.2, 0.25) is 0 Å². The molecule has 0 amide bonds. The molecule has 0 saturated heterocycles. The monoisotopic (exact) mass is 156 g/mol. The maximum atomic E-state index is 0. The van der Waals surface area contributed by atoms with Crippen LogP contribution in [-0.2, 0) is 21.1 Å². The normalized spacial score (nSPS) is 0. The van der Waals surface area contributed by atoms with Crippen molar-refractivity contribution >= 4 is 23.1 Å². The van der Waals surface area contributed by atoms with Crippen molar-refractivity contribution in [1.29, 1.82) is 0 Å². The molecule has 0 fully saturated rings. The topological polar surface area (TPSA) is 60.0 Å². The molecule has 4 heavy (non-hydrogen) atoms. The Labute approximate surface area is 55.0 Å². The van der Waals surface area contributed by atoms with E-state index in [2.05, 4.69) is 0 Å². The zero-order valence-corrected chi connectivity index (χ0v) is 5.43. The first-order valence-electron chi connectivity index (χ1n) is 0. The fraction of sp³-hybridized carbons (Fsp3) is 0. The molecule has 0 aromatic heterocycles. The Bertz CT molecular complexity index is 6.00. The molecule has 0 aromatic carbocycles. The minimum absolute atomic E-state index is 0. The van der Waals surface area contributed by atoms with Gasteiger partial charge in [-0.2, -0.15) is 0 Å². The zero-order valence-electron chi connectivity index (χ0n) is 2.01. The minimum atomic E-state index is 0. The predicted octanol–water partition coefficient (Wildman–Crippen LogP) is -0.737. The van der Waals surface area contributed by atoms with E-state index in [1.54, 1.807) is 0 Å². The van der Waals surface area contributed by atoms with Gasteiger partial charge in [-0.15, -0.1) is 0 Å². The van der Waals surface area contributed by atoms with Gasteiger partial charge in [0.1, 0.15) is 0 Å². The van der Waals surface area contributed by atoms with Gasteiger partial charge in [0.15, 0.2) is 0 Å². The van der Waals surface area contributed by atoms with E-state index in [0.717, 1.165) is 0 Å². The van der Waals surface area contributed by atoms with Crippen LogP contribution in [0.2, 0.25) is 0 Å². The van der Waals surface area contributed by atoms with Crippen LogP contribution in [0, 0.1) is 0 Å². The number of hydrogen-bond acceptors (Lipinski definition) is 2. The van der Waals surface area contributed by atoms with Crippen LogP contribution in [0.4, 0.5) is 0 Å². The molecule has 0 aliphatic carbocycles. The van der Waals surface area contributed by atoms with Crippen LogP contribution in [0.5, 0.6) is 0 Å². The van der Waals surface area contributed by atoms with E-state index in [0.29, 0.717) is 0 Å². The van der Waals surface area contributed by atoms with E-state index in [4.69, 9.17) is 0 Å². The Kier molecular flexibility index (Phi) is 359. The number of hydrogen-bond donors (Lipinski definition) is 0. The van der Waals surface area contributed by atoms with Crippen LogP contribution >= 0.6 is 0 Å². The van der Waals surface area contributed by atoms with Crippen molar-refractivity contribution in [2.24, 2.45) is 0 Å². The standard InChI is InChI=1S/Mg.Mo.2H2O/h;;2*1H2/q+2;;;/p-2. The summed E-state index contributed by atoms with van der Waals surface area (Å²) in [6, 6.07) is 0. The summed E-state index contributed by atoms with van der Waals surface area (Å²) >= 11 is 0. The summed E-state index contributed by atoms with van der Waals surface area (Å²) in [5, 5.41) is 0. The van der Waals surface area contributed by atoms with E-state index < -0.39 is 0 Å². The molecule has 0 bridgehead atoms. The zero-order chi connectivity index (χ0) is 0. The summed E-state index contributed by atoms with van der Waals surface area (Å²) in [4.78, 5) is 0. The van der Waals surface area contributed by atoms with E-state index in [1.165, 1.54) is 0 Å². The molecule has 0 atom stereocenters. The van der Waals surface area contributed by atoms with E-state index in [-0.39, 0.29) is 55.1 Å². The molecule has 0 rings (SSSR count). The minimum Gasteiger partial charge on any atom is -0.870 e. The van der Waals surface area contributed by atoms with E-state index in [1.807, 2.05) is 0 Å². The van der Waals surface area contributed by atoms with Crippen LogP contribution in [0.15, 0.2) is 0 Å². The Hall–Kier alpha value is 1.37. The molecule has 0 spiro atoms. The fourth-order valence-corrected chi connectivity index (χ4v) is 0. The maximum Gasteiger partial charge on any atom is 2.00 e. The Morgan fingerprint density at radius 3 is 0.750 bits per heavy atom. The molecule has 2 nitrogen and oxygen atoms in total. The molecule has 0 unspecified atom stereocenters. The molecule has 2 N–H and O–H groups in total.